The van der Waals surface area contributed by atoms with Crippen LogP contribution in [-0.4, -0.2) is 28.7 Å². The third kappa shape index (κ3) is 2.99. The van der Waals surface area contributed by atoms with Gasteiger partial charge in [0.2, 0.25) is 5.91 Å². The smallest absolute Gasteiger partial charge is 0.228 e. The number of carbonyl (C=O) groups is 1. The van der Waals surface area contributed by atoms with Crippen LogP contribution in [0.2, 0.25) is 0 Å². The average Bonchev–Trinajstić information content (AvgIpc) is 3.03. The number of hydrogen-bond donors (Lipinski definition) is 1. The van der Waals surface area contributed by atoms with Crippen molar-refractivity contribution in [2.45, 2.75) is 25.2 Å². The fourth-order valence-electron chi connectivity index (χ4n) is 2.79. The monoisotopic (exact) mass is 402 g/mol. The van der Waals surface area contributed by atoms with Crippen molar-refractivity contribution >= 4 is 39.0 Å². The van der Waals surface area contributed by atoms with Gasteiger partial charge in [0.1, 0.15) is 5.84 Å². The maximum atomic E-state index is 12.1. The number of nitrogens with one attached hydrogen (secondary N) is 1. The third-order valence-corrected chi connectivity index (χ3v) is 6.02. The van der Waals surface area contributed by atoms with E-state index in [2.05, 4.69) is 27.0 Å². The minimum absolute atomic E-state index is 0.0558. The van der Waals surface area contributed by atoms with Gasteiger partial charge in [-0.05, 0) is 23.8 Å². The molecule has 0 unspecified atom stereocenters. The van der Waals surface area contributed by atoms with Gasteiger partial charge in [-0.3, -0.25) is 10.2 Å². The van der Waals surface area contributed by atoms with Crippen LogP contribution in [-0.2, 0) is 10.2 Å². The Kier molecular flexibility index (Phi) is 4.28. The Morgan fingerprint density at radius 1 is 1.42 bits per heavy atom. The maximum absolute atomic E-state index is 12.1. The first-order valence-corrected chi connectivity index (χ1v) is 8.95. The topological polar surface area (TPSA) is 80.8 Å². The summed E-state index contributed by atoms with van der Waals surface area (Å²) in [5.41, 5.74) is 1.05. The molecule has 1 amide bonds. The highest BCUT2D eigenvalue weighted by Gasteiger charge is 2.40. The number of piperidine rings is 1. The lowest BCUT2D eigenvalue weighted by Gasteiger charge is -2.36. The van der Waals surface area contributed by atoms with Crippen LogP contribution in [0.1, 0.15) is 30.3 Å². The molecule has 0 aliphatic carbocycles. The fourth-order valence-corrected chi connectivity index (χ4v) is 4.33. The average molecular weight is 403 g/mol. The zero-order valence-electron chi connectivity index (χ0n) is 13.3. The molecular weight excluding hydrogens is 388 g/mol. The molecule has 1 atom stereocenters. The molecule has 0 bridgehead atoms. The second-order valence-corrected chi connectivity index (χ2v) is 8.13. The Bertz CT molecular complexity index is 865. The van der Waals surface area contributed by atoms with E-state index in [0.29, 0.717) is 24.2 Å². The number of amidine groups is 1. The van der Waals surface area contributed by atoms with Crippen LogP contribution in [0.5, 0.6) is 0 Å². The third-order valence-electron chi connectivity index (χ3n) is 4.21. The van der Waals surface area contributed by atoms with Gasteiger partial charge < -0.3 is 4.90 Å². The van der Waals surface area contributed by atoms with Gasteiger partial charge >= 0.3 is 0 Å². The molecule has 7 heteroatoms. The summed E-state index contributed by atoms with van der Waals surface area (Å²) in [5.74, 6) is 0.263. The molecule has 2 aromatic rings. The van der Waals surface area contributed by atoms with Crippen molar-refractivity contribution in [1.29, 1.82) is 10.7 Å². The normalized spacial score (nSPS) is 21.0. The maximum Gasteiger partial charge on any atom is 0.228 e. The minimum atomic E-state index is -0.451. The molecule has 1 aliphatic rings. The van der Waals surface area contributed by atoms with Gasteiger partial charge in [-0.25, -0.2) is 4.98 Å². The van der Waals surface area contributed by atoms with E-state index >= 15 is 0 Å². The fraction of sp³-hybridized carbons (Fsp3) is 0.294. The van der Waals surface area contributed by atoms with E-state index in [1.54, 1.807) is 19.3 Å². The quantitative estimate of drug-likeness (QED) is 0.825. The van der Waals surface area contributed by atoms with E-state index < -0.39 is 5.41 Å². The van der Waals surface area contributed by atoms with Crippen LogP contribution in [0.3, 0.4) is 0 Å². The highest BCUT2D eigenvalue weighted by Crippen LogP contribution is 2.40. The number of likely N-dealkylation sites (tertiary alicyclic amines) is 1. The molecule has 0 saturated carbocycles. The summed E-state index contributed by atoms with van der Waals surface area (Å²) in [4.78, 5) is 19.0. The summed E-state index contributed by atoms with van der Waals surface area (Å²) in [6.45, 7) is 1.98. The standard InChI is InChI=1S/C17H15BrN4OS/c1-17(6-14(20)22(2)15(23)7-17)16-21-9-13(24-16)11-3-10(8-19)4-12(18)5-11/h3-5,9,20H,6-7H2,1-2H3/t17-/m0/s1. The van der Waals surface area contributed by atoms with E-state index in [1.807, 2.05) is 19.1 Å². The largest absolute Gasteiger partial charge is 0.304 e. The molecule has 24 heavy (non-hydrogen) atoms. The van der Waals surface area contributed by atoms with Crippen molar-refractivity contribution in [2.75, 3.05) is 7.05 Å². The first-order valence-electron chi connectivity index (χ1n) is 7.34. The van der Waals surface area contributed by atoms with E-state index in [9.17, 15) is 4.79 Å². The van der Waals surface area contributed by atoms with Gasteiger partial charge in [0.15, 0.2) is 0 Å². The van der Waals surface area contributed by atoms with Crippen LogP contribution in [0.25, 0.3) is 10.4 Å². The Hall–Kier alpha value is -2.04. The number of benzene rings is 1. The highest BCUT2D eigenvalue weighted by molar-refractivity contribution is 9.10. The predicted molar refractivity (Wildman–Crippen MR) is 97.0 cm³/mol. The summed E-state index contributed by atoms with van der Waals surface area (Å²) in [5, 5.41) is 18.0. The van der Waals surface area contributed by atoms with E-state index in [-0.39, 0.29) is 5.91 Å². The minimum Gasteiger partial charge on any atom is -0.304 e. The molecule has 2 heterocycles. The predicted octanol–water partition coefficient (Wildman–Crippen LogP) is 3.93. The lowest BCUT2D eigenvalue weighted by atomic mass is 9.80. The van der Waals surface area contributed by atoms with E-state index in [1.165, 1.54) is 16.2 Å². The molecular formula is C17H15BrN4OS. The lowest BCUT2D eigenvalue weighted by Crippen LogP contribution is -2.46. The van der Waals surface area contributed by atoms with Gasteiger partial charge in [-0.1, -0.05) is 22.9 Å². The number of carbonyl (C=O) groups excluding carboxylic acids is 1. The molecule has 5 nitrogen and oxygen atoms in total. The number of aromatic nitrogens is 1. The number of hydrogen-bond acceptors (Lipinski definition) is 5. The summed E-state index contributed by atoms with van der Waals surface area (Å²) in [6.07, 6.45) is 2.62. The summed E-state index contributed by atoms with van der Waals surface area (Å²) < 4.78 is 0.842. The van der Waals surface area contributed by atoms with Crippen molar-refractivity contribution in [2.24, 2.45) is 0 Å². The Morgan fingerprint density at radius 2 is 2.17 bits per heavy atom. The van der Waals surface area contributed by atoms with Crippen molar-refractivity contribution < 1.29 is 4.79 Å². The van der Waals surface area contributed by atoms with Gasteiger partial charge in [-0.2, -0.15) is 5.26 Å². The Morgan fingerprint density at radius 3 is 2.83 bits per heavy atom. The number of nitrogens with zero attached hydrogens (tertiary/aromatic N) is 3. The van der Waals surface area contributed by atoms with Crippen LogP contribution in [0.15, 0.2) is 28.9 Å². The second kappa shape index (κ2) is 6.11. The Labute approximate surface area is 152 Å². The van der Waals surface area contributed by atoms with Gasteiger partial charge in [-0.15, -0.1) is 11.3 Å². The van der Waals surface area contributed by atoms with Crippen molar-refractivity contribution in [3.63, 3.8) is 0 Å². The van der Waals surface area contributed by atoms with Crippen LogP contribution in [0, 0.1) is 16.7 Å². The molecule has 1 saturated heterocycles. The molecule has 1 aromatic heterocycles. The van der Waals surface area contributed by atoms with E-state index in [0.717, 1.165) is 19.9 Å². The van der Waals surface area contributed by atoms with Crippen LogP contribution >= 0.6 is 27.3 Å². The molecule has 1 N–H and O–H groups in total. The molecule has 1 aromatic carbocycles. The highest BCUT2D eigenvalue weighted by atomic mass is 79.9. The Balaban J connectivity index is 1.97. The number of amides is 1. The lowest BCUT2D eigenvalue weighted by molar-refractivity contribution is -0.128. The van der Waals surface area contributed by atoms with Crippen molar-refractivity contribution in [3.05, 3.63) is 39.4 Å². The van der Waals surface area contributed by atoms with Crippen LogP contribution < -0.4 is 0 Å². The second-order valence-electron chi connectivity index (χ2n) is 6.18. The molecule has 0 spiro atoms. The molecule has 0 radical (unpaired) electrons. The van der Waals surface area contributed by atoms with Gasteiger partial charge in [0.25, 0.3) is 0 Å². The van der Waals surface area contributed by atoms with Crippen LogP contribution in [0.4, 0.5) is 0 Å². The molecule has 1 aliphatic heterocycles. The van der Waals surface area contributed by atoms with E-state index in [4.69, 9.17) is 10.7 Å². The van der Waals surface area contributed by atoms with Gasteiger partial charge in [0, 0.05) is 36.0 Å². The summed E-state index contributed by atoms with van der Waals surface area (Å²) >= 11 is 4.94. The number of nitriles is 1. The first-order chi connectivity index (χ1) is 11.3. The molecule has 3 rings (SSSR count). The number of halogens is 1. The summed E-state index contributed by atoms with van der Waals surface area (Å²) in [6, 6.07) is 7.69. The zero-order chi connectivity index (χ0) is 17.5. The van der Waals surface area contributed by atoms with Crippen molar-refractivity contribution in [1.82, 2.24) is 9.88 Å². The molecule has 1 fully saturated rings. The summed E-state index contributed by atoms with van der Waals surface area (Å²) in [7, 11) is 1.64. The van der Waals surface area contributed by atoms with Gasteiger partial charge in [0.05, 0.1) is 21.5 Å². The SMILES string of the molecule is CN1C(=N)C[C@](C)(c2ncc(-c3cc(Br)cc(C#N)c3)s2)CC1=O. The molecule has 122 valence electrons. The zero-order valence-corrected chi connectivity index (χ0v) is 15.7. The number of rotatable bonds is 2. The first kappa shape index (κ1) is 16.8. The number of thiazole rings is 1. The van der Waals surface area contributed by atoms with Crippen molar-refractivity contribution in [3.8, 4) is 16.5 Å².